The van der Waals surface area contributed by atoms with Gasteiger partial charge in [0, 0.05) is 37.8 Å². The van der Waals surface area contributed by atoms with Crippen LogP contribution in [0.3, 0.4) is 0 Å². The highest BCUT2D eigenvalue weighted by molar-refractivity contribution is 5.44. The summed E-state index contributed by atoms with van der Waals surface area (Å²) in [6.45, 7) is 2.53. The third-order valence-corrected chi connectivity index (χ3v) is 4.65. The van der Waals surface area contributed by atoms with Crippen molar-refractivity contribution in [2.75, 3.05) is 26.2 Å². The van der Waals surface area contributed by atoms with Gasteiger partial charge in [-0.25, -0.2) is 4.39 Å². The number of hydrogen-bond donors (Lipinski definition) is 2. The Bertz CT molecular complexity index is 566. The van der Waals surface area contributed by atoms with Crippen LogP contribution in [0.5, 0.6) is 5.75 Å². The van der Waals surface area contributed by atoms with Gasteiger partial charge in [-0.1, -0.05) is 12.8 Å². The fourth-order valence-electron chi connectivity index (χ4n) is 3.28. The number of phenolic OH excluding ortho intramolecular Hbond substituents is 1. The van der Waals surface area contributed by atoms with Gasteiger partial charge in [-0.05, 0) is 24.5 Å². The Morgan fingerprint density at radius 3 is 2.43 bits per heavy atom. The summed E-state index contributed by atoms with van der Waals surface area (Å²) in [5, 5.41) is 13.2. The van der Waals surface area contributed by atoms with E-state index in [-0.39, 0.29) is 5.56 Å². The summed E-state index contributed by atoms with van der Waals surface area (Å²) in [7, 11) is 0. The van der Waals surface area contributed by atoms with E-state index in [2.05, 4.69) is 5.32 Å². The molecule has 0 amide bonds. The first-order valence-electron chi connectivity index (χ1n) is 7.91. The predicted molar refractivity (Wildman–Crippen MR) is 77.6 cm³/mol. The standard InChI is InChI=1S/C16H20F4N2O/c17-12-4-3-11(16(18,19)20)14(15(12)23)13(9-10-1-2-10)22-7-5-21-6-8-22/h3-4,10,13,21,23H,1-2,5-9H2/t13-/m0/s1. The van der Waals surface area contributed by atoms with Crippen LogP contribution in [0.25, 0.3) is 0 Å². The van der Waals surface area contributed by atoms with Crippen LogP contribution in [-0.4, -0.2) is 36.2 Å². The lowest BCUT2D eigenvalue weighted by Crippen LogP contribution is -2.45. The smallest absolute Gasteiger partial charge is 0.416 e. The van der Waals surface area contributed by atoms with Crippen LogP contribution in [0.2, 0.25) is 0 Å². The zero-order chi connectivity index (χ0) is 16.6. The molecular formula is C16H20F4N2O. The normalized spacial score (nSPS) is 21.4. The van der Waals surface area contributed by atoms with Crippen molar-refractivity contribution in [2.45, 2.75) is 31.5 Å². The first-order chi connectivity index (χ1) is 10.9. The second-order valence-electron chi connectivity index (χ2n) is 6.34. The molecule has 3 rings (SSSR count). The van der Waals surface area contributed by atoms with Crippen LogP contribution in [0.4, 0.5) is 17.6 Å². The molecule has 1 saturated heterocycles. The van der Waals surface area contributed by atoms with Gasteiger partial charge in [0.2, 0.25) is 0 Å². The van der Waals surface area contributed by atoms with Gasteiger partial charge in [0.1, 0.15) is 0 Å². The number of alkyl halides is 3. The summed E-state index contributed by atoms with van der Waals surface area (Å²) in [5.74, 6) is -1.49. The van der Waals surface area contributed by atoms with Crippen LogP contribution >= 0.6 is 0 Å². The summed E-state index contributed by atoms with van der Waals surface area (Å²) in [6, 6.07) is 0.831. The summed E-state index contributed by atoms with van der Waals surface area (Å²) in [4.78, 5) is 1.93. The number of nitrogens with zero attached hydrogens (tertiary/aromatic N) is 1. The minimum atomic E-state index is -4.61. The number of hydrogen-bond acceptors (Lipinski definition) is 3. The number of halogens is 4. The van der Waals surface area contributed by atoms with Crippen LogP contribution in [-0.2, 0) is 6.18 Å². The number of aromatic hydroxyl groups is 1. The molecule has 3 nitrogen and oxygen atoms in total. The molecule has 128 valence electrons. The highest BCUT2D eigenvalue weighted by atomic mass is 19.4. The zero-order valence-corrected chi connectivity index (χ0v) is 12.7. The molecule has 2 N–H and O–H groups in total. The Hall–Kier alpha value is -1.34. The summed E-state index contributed by atoms with van der Waals surface area (Å²) in [6.07, 6.45) is -2.11. The average Bonchev–Trinajstić information content (AvgIpc) is 3.32. The van der Waals surface area contributed by atoms with Gasteiger partial charge in [0.25, 0.3) is 0 Å². The van der Waals surface area contributed by atoms with Crippen molar-refractivity contribution in [3.63, 3.8) is 0 Å². The fourth-order valence-corrected chi connectivity index (χ4v) is 3.28. The van der Waals surface area contributed by atoms with E-state index in [1.165, 1.54) is 0 Å². The second-order valence-corrected chi connectivity index (χ2v) is 6.34. The molecule has 0 unspecified atom stereocenters. The first kappa shape index (κ1) is 16.5. The van der Waals surface area contributed by atoms with Gasteiger partial charge in [0.05, 0.1) is 5.56 Å². The Kier molecular flexibility index (Phi) is 4.51. The van der Waals surface area contributed by atoms with Gasteiger partial charge < -0.3 is 10.4 Å². The van der Waals surface area contributed by atoms with Crippen molar-refractivity contribution in [1.29, 1.82) is 0 Å². The molecule has 1 aromatic rings. The largest absolute Gasteiger partial charge is 0.505 e. The molecule has 1 heterocycles. The third kappa shape index (κ3) is 3.61. The molecular weight excluding hydrogens is 312 g/mol. The molecule has 7 heteroatoms. The Balaban J connectivity index is 2.04. The summed E-state index contributed by atoms with van der Waals surface area (Å²) < 4.78 is 53.9. The van der Waals surface area contributed by atoms with Crippen LogP contribution in [0.15, 0.2) is 12.1 Å². The summed E-state index contributed by atoms with van der Waals surface area (Å²) >= 11 is 0. The molecule has 1 saturated carbocycles. The number of phenols is 1. The highest BCUT2D eigenvalue weighted by Gasteiger charge is 2.41. The fraction of sp³-hybridized carbons (Fsp3) is 0.625. The Morgan fingerprint density at radius 2 is 1.87 bits per heavy atom. The average molecular weight is 332 g/mol. The molecule has 0 spiro atoms. The van der Waals surface area contributed by atoms with Crippen molar-refractivity contribution in [1.82, 2.24) is 10.2 Å². The lowest BCUT2D eigenvalue weighted by Gasteiger charge is -2.36. The van der Waals surface area contributed by atoms with E-state index in [9.17, 15) is 22.7 Å². The van der Waals surface area contributed by atoms with Gasteiger partial charge in [-0.2, -0.15) is 13.2 Å². The van der Waals surface area contributed by atoms with Crippen molar-refractivity contribution >= 4 is 0 Å². The molecule has 2 fully saturated rings. The Morgan fingerprint density at radius 1 is 1.22 bits per heavy atom. The van der Waals surface area contributed by atoms with E-state index < -0.39 is 29.3 Å². The monoisotopic (exact) mass is 332 g/mol. The molecule has 1 atom stereocenters. The predicted octanol–water partition coefficient (Wildman–Crippen LogP) is 3.30. The van der Waals surface area contributed by atoms with E-state index in [0.29, 0.717) is 44.6 Å². The molecule has 1 aromatic carbocycles. The van der Waals surface area contributed by atoms with E-state index >= 15 is 0 Å². The number of piperazine rings is 1. The molecule has 1 aliphatic carbocycles. The van der Waals surface area contributed by atoms with Crippen LogP contribution < -0.4 is 5.32 Å². The van der Waals surface area contributed by atoms with Gasteiger partial charge in [0.15, 0.2) is 11.6 Å². The molecule has 2 aliphatic rings. The first-order valence-corrected chi connectivity index (χ1v) is 7.91. The maximum atomic E-state index is 13.8. The van der Waals surface area contributed by atoms with E-state index in [0.717, 1.165) is 18.9 Å². The number of rotatable bonds is 4. The number of nitrogens with one attached hydrogen (secondary N) is 1. The molecule has 0 bridgehead atoms. The molecule has 0 aromatic heterocycles. The molecule has 1 aliphatic heterocycles. The maximum Gasteiger partial charge on any atom is 0.416 e. The minimum Gasteiger partial charge on any atom is -0.505 e. The van der Waals surface area contributed by atoms with E-state index in [1.807, 2.05) is 4.90 Å². The van der Waals surface area contributed by atoms with Crippen molar-refractivity contribution in [3.8, 4) is 5.75 Å². The lowest BCUT2D eigenvalue weighted by atomic mass is 9.92. The van der Waals surface area contributed by atoms with E-state index in [1.54, 1.807) is 0 Å². The van der Waals surface area contributed by atoms with E-state index in [4.69, 9.17) is 0 Å². The van der Waals surface area contributed by atoms with Crippen molar-refractivity contribution in [2.24, 2.45) is 5.92 Å². The van der Waals surface area contributed by atoms with Gasteiger partial charge in [-0.3, -0.25) is 4.90 Å². The zero-order valence-electron chi connectivity index (χ0n) is 12.7. The number of benzene rings is 1. The van der Waals surface area contributed by atoms with Crippen LogP contribution in [0.1, 0.15) is 36.4 Å². The van der Waals surface area contributed by atoms with Crippen molar-refractivity contribution in [3.05, 3.63) is 29.1 Å². The van der Waals surface area contributed by atoms with Crippen molar-refractivity contribution < 1.29 is 22.7 Å². The summed E-state index contributed by atoms with van der Waals surface area (Å²) in [5.41, 5.74) is -1.23. The topological polar surface area (TPSA) is 35.5 Å². The SMILES string of the molecule is Oc1c(F)ccc(C(F)(F)F)c1[C@H](CC1CC1)N1CCNCC1. The second kappa shape index (κ2) is 6.28. The van der Waals surface area contributed by atoms with Gasteiger partial charge in [-0.15, -0.1) is 0 Å². The van der Waals surface area contributed by atoms with Gasteiger partial charge >= 0.3 is 6.18 Å². The van der Waals surface area contributed by atoms with Crippen LogP contribution in [0, 0.1) is 11.7 Å². The highest BCUT2D eigenvalue weighted by Crippen LogP contribution is 2.47. The molecule has 0 radical (unpaired) electrons. The molecule has 23 heavy (non-hydrogen) atoms. The quantitative estimate of drug-likeness (QED) is 0.831. The lowest BCUT2D eigenvalue weighted by molar-refractivity contribution is -0.139. The minimum absolute atomic E-state index is 0.300. The maximum absolute atomic E-state index is 13.8. The Labute approximate surface area is 132 Å². The third-order valence-electron chi connectivity index (χ3n) is 4.65.